The van der Waals surface area contributed by atoms with Gasteiger partial charge in [-0.25, -0.2) is 8.42 Å². The maximum atomic E-state index is 12.7. The lowest BCUT2D eigenvalue weighted by Gasteiger charge is -2.20. The molecule has 3 rings (SSSR count). The number of carbonyl (C=O) groups is 2. The number of hydrogen-bond acceptors (Lipinski definition) is 5. The van der Waals surface area contributed by atoms with E-state index >= 15 is 0 Å². The lowest BCUT2D eigenvalue weighted by Crippen LogP contribution is -2.35. The highest BCUT2D eigenvalue weighted by Gasteiger charge is 2.25. The largest absolute Gasteiger partial charge is 0.325 e. The summed E-state index contributed by atoms with van der Waals surface area (Å²) in [5, 5.41) is 2.73. The Labute approximate surface area is 181 Å². The number of nitrogens with zero attached hydrogens (tertiary/aromatic N) is 2. The number of thioether (sulfide) groups is 1. The Morgan fingerprint density at radius 2 is 1.90 bits per heavy atom. The Hall–Kier alpha value is -2.36. The van der Waals surface area contributed by atoms with Gasteiger partial charge in [-0.3, -0.25) is 9.59 Å². The van der Waals surface area contributed by atoms with E-state index in [-0.39, 0.29) is 17.3 Å². The molecule has 1 fully saturated rings. The number of rotatable bonds is 7. The SMILES string of the molecule is CSc1ccc(S(=O)(=O)N(C)CC(=O)Nc2ccc(C)c(N3CCCC3=O)c2)cc1. The van der Waals surface area contributed by atoms with Crippen LogP contribution in [0.15, 0.2) is 52.3 Å². The van der Waals surface area contributed by atoms with Gasteiger partial charge in [0.2, 0.25) is 21.8 Å². The number of sulfonamides is 1. The van der Waals surface area contributed by atoms with Crippen molar-refractivity contribution in [3.05, 3.63) is 48.0 Å². The summed E-state index contributed by atoms with van der Waals surface area (Å²) in [5.74, 6) is -0.385. The summed E-state index contributed by atoms with van der Waals surface area (Å²) in [4.78, 5) is 27.4. The molecule has 1 N–H and O–H groups in total. The lowest BCUT2D eigenvalue weighted by atomic mass is 10.1. The van der Waals surface area contributed by atoms with Crippen molar-refractivity contribution in [1.82, 2.24) is 4.31 Å². The zero-order valence-corrected chi connectivity index (χ0v) is 18.8. The fraction of sp³-hybridized carbons (Fsp3) is 0.333. The first-order valence-electron chi connectivity index (χ1n) is 9.53. The van der Waals surface area contributed by atoms with E-state index in [1.165, 1.54) is 30.9 Å². The zero-order chi connectivity index (χ0) is 21.9. The molecule has 9 heteroatoms. The average Bonchev–Trinajstić information content (AvgIpc) is 3.15. The maximum absolute atomic E-state index is 12.7. The van der Waals surface area contributed by atoms with Gasteiger partial charge in [-0.05, 0) is 61.6 Å². The molecule has 0 radical (unpaired) electrons. The maximum Gasteiger partial charge on any atom is 0.243 e. The van der Waals surface area contributed by atoms with E-state index in [0.717, 1.165) is 26.9 Å². The Bertz CT molecular complexity index is 1050. The molecule has 0 unspecified atom stereocenters. The highest BCUT2D eigenvalue weighted by molar-refractivity contribution is 7.98. The second-order valence-corrected chi connectivity index (χ2v) is 10.1. The van der Waals surface area contributed by atoms with Crippen molar-refractivity contribution in [3.63, 3.8) is 0 Å². The third-order valence-corrected chi connectivity index (χ3v) is 7.55. The van der Waals surface area contributed by atoms with Crippen molar-refractivity contribution in [1.29, 1.82) is 0 Å². The molecular weight excluding hydrogens is 422 g/mol. The fourth-order valence-corrected chi connectivity index (χ4v) is 4.83. The number of aryl methyl sites for hydroxylation is 1. The van der Waals surface area contributed by atoms with Gasteiger partial charge in [-0.2, -0.15) is 4.31 Å². The third-order valence-electron chi connectivity index (χ3n) is 4.99. The van der Waals surface area contributed by atoms with Crippen molar-refractivity contribution in [2.45, 2.75) is 29.6 Å². The minimum Gasteiger partial charge on any atom is -0.325 e. The standard InChI is InChI=1S/C21H25N3O4S2/c1-15-6-7-16(13-19(15)24-12-4-5-21(24)26)22-20(25)14-23(2)30(27,28)18-10-8-17(29-3)9-11-18/h6-11,13H,4-5,12,14H2,1-3H3,(H,22,25). The molecule has 0 saturated carbocycles. The van der Waals surface area contributed by atoms with E-state index in [2.05, 4.69) is 5.32 Å². The summed E-state index contributed by atoms with van der Waals surface area (Å²) in [5.41, 5.74) is 2.23. The molecule has 0 bridgehead atoms. The molecule has 7 nitrogen and oxygen atoms in total. The van der Waals surface area contributed by atoms with Crippen molar-refractivity contribution in [3.8, 4) is 0 Å². The monoisotopic (exact) mass is 447 g/mol. The van der Waals surface area contributed by atoms with Gasteiger partial charge >= 0.3 is 0 Å². The molecule has 0 spiro atoms. The normalized spacial score (nSPS) is 14.4. The smallest absolute Gasteiger partial charge is 0.243 e. The topological polar surface area (TPSA) is 86.8 Å². The lowest BCUT2D eigenvalue weighted by molar-refractivity contribution is -0.117. The molecular formula is C21H25N3O4S2. The van der Waals surface area contributed by atoms with Crippen LogP contribution in [0.4, 0.5) is 11.4 Å². The Balaban J connectivity index is 1.69. The number of hydrogen-bond donors (Lipinski definition) is 1. The van der Waals surface area contributed by atoms with Crippen molar-refractivity contribution in [2.75, 3.05) is 36.6 Å². The van der Waals surface area contributed by atoms with Gasteiger partial charge in [0.1, 0.15) is 0 Å². The van der Waals surface area contributed by atoms with Gasteiger partial charge in [0, 0.05) is 36.3 Å². The minimum absolute atomic E-state index is 0.0693. The van der Waals surface area contributed by atoms with Gasteiger partial charge < -0.3 is 10.2 Å². The molecule has 160 valence electrons. The Kier molecular flexibility index (Phi) is 6.84. The van der Waals surface area contributed by atoms with Crippen LogP contribution in [0.2, 0.25) is 0 Å². The molecule has 1 aliphatic heterocycles. The zero-order valence-electron chi connectivity index (χ0n) is 17.2. The summed E-state index contributed by atoms with van der Waals surface area (Å²) in [6, 6.07) is 11.9. The van der Waals surface area contributed by atoms with E-state index in [4.69, 9.17) is 0 Å². The van der Waals surface area contributed by atoms with Gasteiger partial charge in [0.15, 0.2) is 0 Å². The quantitative estimate of drug-likeness (QED) is 0.659. The second-order valence-electron chi connectivity index (χ2n) is 7.13. The summed E-state index contributed by atoms with van der Waals surface area (Å²) in [6.07, 6.45) is 3.25. The van der Waals surface area contributed by atoms with Crippen LogP contribution in [-0.4, -0.2) is 50.9 Å². The minimum atomic E-state index is -3.78. The number of likely N-dealkylation sites (N-methyl/N-ethyl adjacent to an activating group) is 1. The van der Waals surface area contributed by atoms with E-state index in [1.54, 1.807) is 29.2 Å². The molecule has 2 aromatic carbocycles. The molecule has 1 aliphatic rings. The molecule has 0 aliphatic carbocycles. The van der Waals surface area contributed by atoms with E-state index in [1.807, 2.05) is 19.2 Å². The van der Waals surface area contributed by atoms with Crippen LogP contribution < -0.4 is 10.2 Å². The van der Waals surface area contributed by atoms with Gasteiger partial charge in [-0.1, -0.05) is 6.07 Å². The second kappa shape index (κ2) is 9.20. The van der Waals surface area contributed by atoms with Crippen molar-refractivity contribution >= 4 is 45.0 Å². The summed E-state index contributed by atoms with van der Waals surface area (Å²) in [7, 11) is -2.40. The van der Waals surface area contributed by atoms with Crippen LogP contribution in [0.25, 0.3) is 0 Å². The number of amides is 2. The van der Waals surface area contributed by atoms with Crippen LogP contribution in [0.5, 0.6) is 0 Å². The molecule has 2 amide bonds. The molecule has 30 heavy (non-hydrogen) atoms. The summed E-state index contributed by atoms with van der Waals surface area (Å²) in [6.45, 7) is 2.25. The fourth-order valence-electron chi connectivity index (χ4n) is 3.30. The molecule has 0 aromatic heterocycles. The highest BCUT2D eigenvalue weighted by Crippen LogP contribution is 2.28. The van der Waals surface area contributed by atoms with Gasteiger partial charge in [-0.15, -0.1) is 11.8 Å². The van der Waals surface area contributed by atoms with E-state index in [9.17, 15) is 18.0 Å². The third kappa shape index (κ3) is 4.85. The summed E-state index contributed by atoms with van der Waals surface area (Å²) < 4.78 is 26.5. The predicted octanol–water partition coefficient (Wildman–Crippen LogP) is 3.10. The van der Waals surface area contributed by atoms with Crippen LogP contribution >= 0.6 is 11.8 Å². The summed E-state index contributed by atoms with van der Waals surface area (Å²) >= 11 is 1.52. The average molecular weight is 448 g/mol. The van der Waals surface area contributed by atoms with Crippen LogP contribution in [-0.2, 0) is 19.6 Å². The predicted molar refractivity (Wildman–Crippen MR) is 119 cm³/mol. The van der Waals surface area contributed by atoms with Crippen molar-refractivity contribution in [2.24, 2.45) is 0 Å². The highest BCUT2D eigenvalue weighted by atomic mass is 32.2. The number of carbonyl (C=O) groups excluding carboxylic acids is 2. The van der Waals surface area contributed by atoms with Crippen LogP contribution in [0.3, 0.4) is 0 Å². The molecule has 1 heterocycles. The first-order valence-corrected chi connectivity index (χ1v) is 12.2. The Morgan fingerprint density at radius 3 is 2.50 bits per heavy atom. The Morgan fingerprint density at radius 1 is 1.20 bits per heavy atom. The first kappa shape index (κ1) is 22.3. The molecule has 0 atom stereocenters. The number of anilines is 2. The van der Waals surface area contributed by atoms with Gasteiger partial charge in [0.05, 0.1) is 11.4 Å². The molecule has 1 saturated heterocycles. The molecule has 2 aromatic rings. The number of benzene rings is 2. The number of nitrogens with one attached hydrogen (secondary N) is 1. The first-order chi connectivity index (χ1) is 14.2. The van der Waals surface area contributed by atoms with E-state index < -0.39 is 15.9 Å². The van der Waals surface area contributed by atoms with Gasteiger partial charge in [0.25, 0.3) is 0 Å². The van der Waals surface area contributed by atoms with E-state index in [0.29, 0.717) is 18.7 Å². The van der Waals surface area contributed by atoms with Crippen LogP contribution in [0, 0.1) is 6.92 Å². The van der Waals surface area contributed by atoms with Crippen molar-refractivity contribution < 1.29 is 18.0 Å². The van der Waals surface area contributed by atoms with Crippen LogP contribution in [0.1, 0.15) is 18.4 Å².